The molecule has 1 aromatic carbocycles. The van der Waals surface area contributed by atoms with Crippen LogP contribution in [0.3, 0.4) is 0 Å². The number of halogens is 2. The van der Waals surface area contributed by atoms with Gasteiger partial charge in [0.15, 0.2) is 0 Å². The molecule has 18 heavy (non-hydrogen) atoms. The summed E-state index contributed by atoms with van der Waals surface area (Å²) in [5.74, 6) is 0. The third kappa shape index (κ3) is 4.15. The molecule has 0 aromatic heterocycles. The van der Waals surface area contributed by atoms with Crippen molar-refractivity contribution in [3.8, 4) is 0 Å². The van der Waals surface area contributed by atoms with Crippen LogP contribution in [0.15, 0.2) is 22.7 Å². The van der Waals surface area contributed by atoms with E-state index in [2.05, 4.69) is 33.5 Å². The van der Waals surface area contributed by atoms with Crippen molar-refractivity contribution in [2.24, 2.45) is 0 Å². The molecule has 0 spiro atoms. The lowest BCUT2D eigenvalue weighted by Crippen LogP contribution is -2.37. The fourth-order valence-corrected chi connectivity index (χ4v) is 3.02. The van der Waals surface area contributed by atoms with Crippen molar-refractivity contribution in [1.29, 1.82) is 0 Å². The summed E-state index contributed by atoms with van der Waals surface area (Å²) in [6.07, 6.45) is 5.10. The summed E-state index contributed by atoms with van der Waals surface area (Å²) < 4.78 is 1.05. The van der Waals surface area contributed by atoms with Gasteiger partial charge in [-0.1, -0.05) is 34.0 Å². The molecule has 0 saturated carbocycles. The van der Waals surface area contributed by atoms with E-state index in [-0.39, 0.29) is 0 Å². The zero-order valence-electron chi connectivity index (χ0n) is 10.7. The fraction of sp³-hybridized carbons (Fsp3) is 0.571. The van der Waals surface area contributed by atoms with Crippen molar-refractivity contribution in [2.75, 3.05) is 11.9 Å². The smallest absolute Gasteiger partial charge is 0.0638 e. The molecule has 2 rings (SSSR count). The topological polar surface area (TPSA) is 24.1 Å². The van der Waals surface area contributed by atoms with E-state index in [1.807, 2.05) is 18.2 Å². The van der Waals surface area contributed by atoms with E-state index in [9.17, 15) is 0 Å². The molecule has 1 aliphatic heterocycles. The molecule has 2 nitrogen and oxygen atoms in total. The molecule has 100 valence electrons. The largest absolute Gasteiger partial charge is 0.381 e. The predicted molar refractivity (Wildman–Crippen MR) is 82.5 cm³/mol. The first-order valence-electron chi connectivity index (χ1n) is 6.60. The van der Waals surface area contributed by atoms with Gasteiger partial charge in [-0.05, 0) is 50.9 Å². The highest BCUT2D eigenvalue weighted by Gasteiger charge is 2.16. The van der Waals surface area contributed by atoms with Crippen LogP contribution in [0, 0.1) is 0 Å². The van der Waals surface area contributed by atoms with Gasteiger partial charge in [0.05, 0.1) is 10.7 Å². The van der Waals surface area contributed by atoms with E-state index in [0.717, 1.165) is 28.1 Å². The van der Waals surface area contributed by atoms with Crippen molar-refractivity contribution >= 4 is 33.2 Å². The Bertz CT molecular complexity index is 391. The molecule has 2 unspecified atom stereocenters. The standard InChI is InChI=1S/C14H20BrClN2/c1-10(8-12-4-2-3-7-17-12)18-14-9-11(15)5-6-13(14)16/h5-6,9-10,12,17-18H,2-4,7-8H2,1H3. The molecule has 2 N–H and O–H groups in total. The summed E-state index contributed by atoms with van der Waals surface area (Å²) in [4.78, 5) is 0. The van der Waals surface area contributed by atoms with Gasteiger partial charge in [-0.2, -0.15) is 0 Å². The second-order valence-corrected chi connectivity index (χ2v) is 6.37. The van der Waals surface area contributed by atoms with Gasteiger partial charge >= 0.3 is 0 Å². The van der Waals surface area contributed by atoms with Crippen LogP contribution in [0.25, 0.3) is 0 Å². The first-order chi connectivity index (χ1) is 8.65. The van der Waals surface area contributed by atoms with Gasteiger partial charge in [0.25, 0.3) is 0 Å². The molecular weight excluding hydrogens is 312 g/mol. The van der Waals surface area contributed by atoms with E-state index < -0.39 is 0 Å². The van der Waals surface area contributed by atoms with Crippen LogP contribution in [-0.4, -0.2) is 18.6 Å². The number of nitrogens with one attached hydrogen (secondary N) is 2. The highest BCUT2D eigenvalue weighted by Crippen LogP contribution is 2.27. The van der Waals surface area contributed by atoms with Crippen LogP contribution >= 0.6 is 27.5 Å². The second kappa shape index (κ2) is 6.78. The lowest BCUT2D eigenvalue weighted by atomic mass is 9.99. The zero-order chi connectivity index (χ0) is 13.0. The average Bonchev–Trinajstić information content (AvgIpc) is 2.35. The van der Waals surface area contributed by atoms with Crippen LogP contribution in [0.4, 0.5) is 5.69 Å². The summed E-state index contributed by atoms with van der Waals surface area (Å²) in [5.41, 5.74) is 1.01. The van der Waals surface area contributed by atoms with Gasteiger partial charge in [0.2, 0.25) is 0 Å². The second-order valence-electron chi connectivity index (χ2n) is 5.05. The monoisotopic (exact) mass is 330 g/mol. The van der Waals surface area contributed by atoms with Gasteiger partial charge in [-0.15, -0.1) is 0 Å². The first-order valence-corrected chi connectivity index (χ1v) is 7.77. The minimum Gasteiger partial charge on any atom is -0.381 e. The van der Waals surface area contributed by atoms with Gasteiger partial charge in [-0.25, -0.2) is 0 Å². The predicted octanol–water partition coefficient (Wildman–Crippen LogP) is 4.44. The molecule has 1 heterocycles. The molecule has 1 aromatic rings. The third-order valence-corrected chi connectivity index (χ3v) is 4.20. The SMILES string of the molecule is CC(CC1CCCCN1)Nc1cc(Br)ccc1Cl. The highest BCUT2D eigenvalue weighted by atomic mass is 79.9. The van der Waals surface area contributed by atoms with E-state index in [0.29, 0.717) is 12.1 Å². The summed E-state index contributed by atoms with van der Waals surface area (Å²) in [6.45, 7) is 3.38. The Morgan fingerprint density at radius 2 is 2.33 bits per heavy atom. The van der Waals surface area contributed by atoms with Gasteiger partial charge in [0, 0.05) is 16.6 Å². The van der Waals surface area contributed by atoms with Crippen molar-refractivity contribution < 1.29 is 0 Å². The molecule has 1 saturated heterocycles. The maximum absolute atomic E-state index is 6.18. The Morgan fingerprint density at radius 3 is 3.06 bits per heavy atom. The average molecular weight is 332 g/mol. The molecule has 1 aliphatic rings. The molecule has 0 radical (unpaired) electrons. The normalized spacial score (nSPS) is 21.6. The van der Waals surface area contributed by atoms with Crippen molar-refractivity contribution in [2.45, 2.75) is 44.7 Å². The quantitative estimate of drug-likeness (QED) is 0.852. The summed E-state index contributed by atoms with van der Waals surface area (Å²) in [5, 5.41) is 7.86. The van der Waals surface area contributed by atoms with E-state index >= 15 is 0 Å². The summed E-state index contributed by atoms with van der Waals surface area (Å²) in [7, 11) is 0. The fourth-order valence-electron chi connectivity index (χ4n) is 2.48. The minimum atomic E-state index is 0.424. The summed E-state index contributed by atoms with van der Waals surface area (Å²) >= 11 is 9.66. The van der Waals surface area contributed by atoms with Crippen LogP contribution < -0.4 is 10.6 Å². The first kappa shape index (κ1) is 14.2. The minimum absolute atomic E-state index is 0.424. The van der Waals surface area contributed by atoms with Crippen LogP contribution in [0.2, 0.25) is 5.02 Å². The number of piperidine rings is 1. The van der Waals surface area contributed by atoms with Gasteiger partial charge in [0.1, 0.15) is 0 Å². The molecule has 2 atom stereocenters. The van der Waals surface area contributed by atoms with E-state index in [1.165, 1.54) is 19.3 Å². The zero-order valence-corrected chi connectivity index (χ0v) is 13.0. The van der Waals surface area contributed by atoms with Crippen LogP contribution in [-0.2, 0) is 0 Å². The molecule has 0 amide bonds. The molecule has 0 aliphatic carbocycles. The lowest BCUT2D eigenvalue weighted by molar-refractivity contribution is 0.371. The number of hydrogen-bond acceptors (Lipinski definition) is 2. The Kier molecular flexibility index (Phi) is 5.34. The highest BCUT2D eigenvalue weighted by molar-refractivity contribution is 9.10. The van der Waals surface area contributed by atoms with Crippen molar-refractivity contribution in [3.05, 3.63) is 27.7 Å². The number of hydrogen-bond donors (Lipinski definition) is 2. The Hall–Kier alpha value is -0.250. The Morgan fingerprint density at radius 1 is 1.50 bits per heavy atom. The van der Waals surface area contributed by atoms with Gasteiger partial charge < -0.3 is 10.6 Å². The van der Waals surface area contributed by atoms with Crippen LogP contribution in [0.1, 0.15) is 32.6 Å². The summed E-state index contributed by atoms with van der Waals surface area (Å²) in [6, 6.07) is 6.98. The van der Waals surface area contributed by atoms with E-state index in [1.54, 1.807) is 0 Å². The molecule has 0 bridgehead atoms. The maximum Gasteiger partial charge on any atom is 0.0638 e. The van der Waals surface area contributed by atoms with E-state index in [4.69, 9.17) is 11.6 Å². The molecule has 4 heteroatoms. The lowest BCUT2D eigenvalue weighted by Gasteiger charge is -2.27. The molecule has 1 fully saturated rings. The number of rotatable bonds is 4. The maximum atomic E-state index is 6.18. The Balaban J connectivity index is 1.89. The Labute approximate surface area is 123 Å². The van der Waals surface area contributed by atoms with Crippen molar-refractivity contribution in [1.82, 2.24) is 5.32 Å². The molecular formula is C14H20BrClN2. The van der Waals surface area contributed by atoms with Gasteiger partial charge in [-0.3, -0.25) is 0 Å². The van der Waals surface area contributed by atoms with Crippen LogP contribution in [0.5, 0.6) is 0 Å². The number of benzene rings is 1. The third-order valence-electron chi connectivity index (χ3n) is 3.38. The number of anilines is 1. The van der Waals surface area contributed by atoms with Crippen molar-refractivity contribution in [3.63, 3.8) is 0 Å².